The molecule has 4 saturated heterocycles. The summed E-state index contributed by atoms with van der Waals surface area (Å²) >= 11 is 0. The summed E-state index contributed by atoms with van der Waals surface area (Å²) in [5.41, 5.74) is 0.562. The van der Waals surface area contributed by atoms with Crippen LogP contribution in [0.5, 0.6) is 0 Å². The minimum absolute atomic E-state index is 0.0516. The Kier molecular flexibility index (Phi) is 15.7. The van der Waals surface area contributed by atoms with Crippen LogP contribution in [-0.4, -0.2) is 147 Å². The Morgan fingerprint density at radius 1 is 0.817 bits per heavy atom. The lowest BCUT2D eigenvalue weighted by Gasteiger charge is -2.43. The van der Waals surface area contributed by atoms with Crippen LogP contribution < -0.4 is 26.2 Å². The van der Waals surface area contributed by atoms with E-state index in [1.165, 1.54) is 12.3 Å². The van der Waals surface area contributed by atoms with Gasteiger partial charge in [-0.15, -0.1) is 0 Å². The number of amides is 4. The van der Waals surface area contributed by atoms with E-state index in [0.717, 1.165) is 83.0 Å². The Labute approximate surface area is 414 Å². The van der Waals surface area contributed by atoms with Crippen molar-refractivity contribution in [2.45, 2.75) is 127 Å². The number of carbonyl (C=O) groups is 5. The molecule has 6 aliphatic rings. The number of aromatic nitrogens is 4. The van der Waals surface area contributed by atoms with Crippen LogP contribution in [0.3, 0.4) is 0 Å². The Morgan fingerprint density at radius 3 is 2.11 bits per heavy atom. The fourth-order valence-corrected chi connectivity index (χ4v) is 11.8. The van der Waals surface area contributed by atoms with E-state index in [1.54, 1.807) is 29.9 Å². The van der Waals surface area contributed by atoms with Crippen LogP contribution in [0.1, 0.15) is 114 Å². The summed E-state index contributed by atoms with van der Waals surface area (Å²) in [4.78, 5) is 81.3. The van der Waals surface area contributed by atoms with E-state index in [9.17, 15) is 24.0 Å². The van der Waals surface area contributed by atoms with Crippen molar-refractivity contribution in [3.05, 3.63) is 48.2 Å². The number of hydrogen-bond acceptors (Lipinski definition) is 14. The summed E-state index contributed by atoms with van der Waals surface area (Å²) in [6.07, 6.45) is 14.9. The fraction of sp³-hybridized carbons (Fsp3) is 0.647. The van der Waals surface area contributed by atoms with Gasteiger partial charge < -0.3 is 35.4 Å². The van der Waals surface area contributed by atoms with Gasteiger partial charge in [0.25, 0.3) is 0 Å². The Hall–Kier alpha value is -5.92. The zero-order valence-electron chi connectivity index (χ0n) is 41.2. The van der Waals surface area contributed by atoms with E-state index in [4.69, 9.17) is 4.74 Å². The number of esters is 1. The summed E-state index contributed by atoms with van der Waals surface area (Å²) in [7, 11) is 1.83. The molecule has 6 fully saturated rings. The van der Waals surface area contributed by atoms with Crippen LogP contribution in [0, 0.1) is 23.6 Å². The molecule has 0 radical (unpaired) electrons. The molecule has 6 heterocycles. The number of nitrogens with one attached hydrogen (secondary N) is 4. The highest BCUT2D eigenvalue weighted by molar-refractivity contribution is 6.01. The molecular formula is C51H70F2N12O6. The first kappa shape index (κ1) is 50.0. The molecule has 2 aliphatic carbocycles. The molecular weight excluding hydrogens is 915 g/mol. The van der Waals surface area contributed by atoms with Crippen LogP contribution in [0.15, 0.2) is 36.8 Å². The maximum Gasteiger partial charge on any atom is 0.343 e. The van der Waals surface area contributed by atoms with Crippen LogP contribution in [0.4, 0.5) is 37.6 Å². The molecule has 2 aromatic heterocycles. The second-order valence-electron chi connectivity index (χ2n) is 20.7. The molecule has 71 heavy (non-hydrogen) atoms. The van der Waals surface area contributed by atoms with Crippen molar-refractivity contribution < 1.29 is 37.5 Å². The zero-order chi connectivity index (χ0) is 49.6. The number of carbonyl (C=O) groups excluding carboxylic acids is 5. The van der Waals surface area contributed by atoms with Gasteiger partial charge >= 0.3 is 5.97 Å². The number of alkyl halides is 1. The first-order chi connectivity index (χ1) is 34.3. The molecule has 384 valence electrons. The highest BCUT2D eigenvalue weighted by Crippen LogP contribution is 2.40. The van der Waals surface area contributed by atoms with E-state index >= 15 is 8.78 Å². The summed E-state index contributed by atoms with van der Waals surface area (Å²) in [6, 6.07) is 4.68. The predicted molar refractivity (Wildman–Crippen MR) is 263 cm³/mol. The molecule has 0 spiro atoms. The molecule has 3 aromatic rings. The summed E-state index contributed by atoms with van der Waals surface area (Å²) in [5, 5.41) is 16.2. The quantitative estimate of drug-likeness (QED) is 0.112. The van der Waals surface area contributed by atoms with Gasteiger partial charge in [-0.1, -0.05) is 0 Å². The molecule has 9 rings (SSSR count). The number of rotatable bonds is 14. The van der Waals surface area contributed by atoms with Crippen molar-refractivity contribution in [3.8, 4) is 0 Å². The molecule has 1 aromatic carbocycles. The molecule has 4 aliphatic heterocycles. The van der Waals surface area contributed by atoms with Gasteiger partial charge in [0.05, 0.1) is 24.2 Å². The molecule has 2 saturated carbocycles. The topological polar surface area (TPSA) is 199 Å². The molecule has 0 bridgehead atoms. The van der Waals surface area contributed by atoms with Gasteiger partial charge in [-0.2, -0.15) is 10.1 Å². The van der Waals surface area contributed by atoms with Crippen LogP contribution in [0.2, 0.25) is 0 Å². The van der Waals surface area contributed by atoms with Crippen LogP contribution >= 0.6 is 0 Å². The molecule has 20 heteroatoms. The Balaban J connectivity index is 0.660. The lowest BCUT2D eigenvalue weighted by atomic mass is 9.79. The van der Waals surface area contributed by atoms with Crippen molar-refractivity contribution in [2.75, 3.05) is 79.8 Å². The highest BCUT2D eigenvalue weighted by atomic mass is 19.1. The second-order valence-corrected chi connectivity index (χ2v) is 20.7. The van der Waals surface area contributed by atoms with E-state index < -0.39 is 29.4 Å². The van der Waals surface area contributed by atoms with Crippen molar-refractivity contribution in [1.29, 1.82) is 0 Å². The van der Waals surface area contributed by atoms with E-state index in [-0.39, 0.29) is 54.5 Å². The third-order valence-electron chi connectivity index (χ3n) is 16.0. The number of piperazine rings is 1. The number of imide groups is 1. The van der Waals surface area contributed by atoms with Gasteiger partial charge in [-0.05, 0) is 121 Å². The average Bonchev–Trinajstić information content (AvgIpc) is 3.79. The monoisotopic (exact) mass is 985 g/mol. The zero-order valence-corrected chi connectivity index (χ0v) is 41.2. The average molecular weight is 985 g/mol. The fourth-order valence-electron chi connectivity index (χ4n) is 11.8. The number of hydrogen-bond donors (Lipinski definition) is 4. The van der Waals surface area contributed by atoms with Crippen molar-refractivity contribution in [3.63, 3.8) is 0 Å². The number of anilines is 5. The first-order valence-electron chi connectivity index (χ1n) is 26.0. The number of benzene rings is 1. The van der Waals surface area contributed by atoms with Gasteiger partial charge in [0.15, 0.2) is 0 Å². The SMILES string of the molecule is CCOC(=O)c1cnc(Nc2cnn(C)c2)nc1NC1CCC(N2CCN(C(=O)C3CCC(C(=O)N4CCC(CC5(F)CCN(c6ccc(NC7CCC(=O)NC7=O)cc6F)CC5)CC4)CC3)CC2)CC1. The third kappa shape index (κ3) is 12.2. The molecule has 4 N–H and O–H groups in total. The van der Waals surface area contributed by atoms with E-state index in [2.05, 4.69) is 41.2 Å². The number of likely N-dealkylation sites (tertiary alicyclic amines) is 1. The van der Waals surface area contributed by atoms with Crippen LogP contribution in [-0.2, 0) is 31.0 Å². The van der Waals surface area contributed by atoms with Crippen molar-refractivity contribution >= 4 is 58.4 Å². The minimum atomic E-state index is -1.34. The van der Waals surface area contributed by atoms with Gasteiger partial charge in [-0.3, -0.25) is 34.1 Å². The lowest BCUT2D eigenvalue weighted by Crippen LogP contribution is -2.54. The number of nitrogens with zero attached hydrogens (tertiary/aromatic N) is 8. The van der Waals surface area contributed by atoms with Gasteiger partial charge in [0, 0.05) is 108 Å². The summed E-state index contributed by atoms with van der Waals surface area (Å²) in [5.74, 6) is -0.382. The normalized spacial score (nSPS) is 25.6. The van der Waals surface area contributed by atoms with E-state index in [1.807, 2.05) is 27.9 Å². The number of aryl methyl sites for hydroxylation is 1. The maximum atomic E-state index is 16.3. The maximum absolute atomic E-state index is 16.3. The Morgan fingerprint density at radius 2 is 1.49 bits per heavy atom. The number of piperidine rings is 3. The lowest BCUT2D eigenvalue weighted by molar-refractivity contribution is -0.143. The molecule has 18 nitrogen and oxygen atoms in total. The molecule has 1 atom stereocenters. The van der Waals surface area contributed by atoms with Crippen molar-refractivity contribution in [1.82, 2.24) is 39.8 Å². The number of halogens is 2. The largest absolute Gasteiger partial charge is 0.462 e. The van der Waals surface area contributed by atoms with Gasteiger partial charge in [-0.25, -0.2) is 18.6 Å². The van der Waals surface area contributed by atoms with E-state index in [0.29, 0.717) is 99.7 Å². The summed E-state index contributed by atoms with van der Waals surface area (Å²) in [6.45, 7) is 7.17. The third-order valence-corrected chi connectivity index (χ3v) is 16.0. The van der Waals surface area contributed by atoms with Crippen molar-refractivity contribution in [2.24, 2.45) is 24.8 Å². The second kappa shape index (κ2) is 22.2. The number of ether oxygens (including phenoxy) is 1. The van der Waals surface area contributed by atoms with Gasteiger partial charge in [0.1, 0.15) is 28.9 Å². The highest BCUT2D eigenvalue weighted by Gasteiger charge is 2.41. The minimum Gasteiger partial charge on any atom is -0.462 e. The molecule has 4 amide bonds. The molecule has 1 unspecified atom stereocenters. The summed E-state index contributed by atoms with van der Waals surface area (Å²) < 4.78 is 38.5. The van der Waals surface area contributed by atoms with Gasteiger partial charge in [0.2, 0.25) is 29.6 Å². The smallest absolute Gasteiger partial charge is 0.343 e. The first-order valence-corrected chi connectivity index (χ1v) is 26.0. The predicted octanol–water partition coefficient (Wildman–Crippen LogP) is 5.80. The van der Waals surface area contributed by atoms with Crippen LogP contribution in [0.25, 0.3) is 0 Å². The standard InChI is InChI=1S/C51H70F2N12O6/c1-3-71-49(70)40-31-54-50(58-38-30-55-61(2)32-38)60-45(40)57-36-8-11-39(12-9-36)62-24-26-65(27-25-62)48(69)35-6-4-34(5-7-35)47(68)64-20-16-33(17-21-64)29-51(53)18-22-63(23-19-51)43-14-10-37(28-41(43)52)56-42-13-15-44(66)59-46(42)67/h10,14,28,30-36,39,42,56H,3-9,11-13,15-27,29H2,1-2H3,(H,59,66,67)(H2,54,57,58,60). The Bertz CT molecular complexity index is 2380.